The molecule has 3 heterocycles. The van der Waals surface area contributed by atoms with Crippen molar-refractivity contribution in [1.82, 2.24) is 19.7 Å². The number of urea groups is 1. The van der Waals surface area contributed by atoms with Crippen LogP contribution in [0.2, 0.25) is 0 Å². The summed E-state index contributed by atoms with van der Waals surface area (Å²) < 4.78 is 13.9. The van der Waals surface area contributed by atoms with Gasteiger partial charge in [0.1, 0.15) is 5.82 Å². The molecule has 5 nitrogen and oxygen atoms in total. The number of aromatic nitrogens is 1. The van der Waals surface area contributed by atoms with E-state index in [1.165, 1.54) is 6.07 Å². The van der Waals surface area contributed by atoms with Gasteiger partial charge in [-0.25, -0.2) is 9.18 Å². The molecular formula is C23H29FN4O. The van der Waals surface area contributed by atoms with Crippen molar-refractivity contribution < 1.29 is 9.18 Å². The molecule has 1 aromatic carbocycles. The fourth-order valence-corrected chi connectivity index (χ4v) is 4.90. The van der Waals surface area contributed by atoms with Crippen LogP contribution >= 0.6 is 0 Å². The lowest BCUT2D eigenvalue weighted by Gasteiger charge is -2.32. The number of aryl methyl sites for hydroxylation is 1. The summed E-state index contributed by atoms with van der Waals surface area (Å²) in [6.07, 6.45) is 0.923. The van der Waals surface area contributed by atoms with Gasteiger partial charge >= 0.3 is 6.03 Å². The number of likely N-dealkylation sites (tertiary alicyclic amines) is 2. The lowest BCUT2D eigenvalue weighted by molar-refractivity contribution is 0.152. The normalized spacial score (nSPS) is 24.0. The Balaban J connectivity index is 1.50. The fourth-order valence-electron chi connectivity index (χ4n) is 4.90. The maximum Gasteiger partial charge on any atom is 0.320 e. The van der Waals surface area contributed by atoms with Gasteiger partial charge in [-0.2, -0.15) is 0 Å². The number of rotatable bonds is 4. The topological polar surface area (TPSA) is 39.7 Å². The van der Waals surface area contributed by atoms with E-state index in [-0.39, 0.29) is 17.9 Å². The van der Waals surface area contributed by atoms with Gasteiger partial charge in [-0.1, -0.05) is 18.2 Å². The number of halogens is 1. The van der Waals surface area contributed by atoms with Gasteiger partial charge in [-0.05, 0) is 42.7 Å². The summed E-state index contributed by atoms with van der Waals surface area (Å²) in [6, 6.07) is 12.8. The minimum Gasteiger partial charge on any atom is -0.331 e. The average molecular weight is 397 g/mol. The third-order valence-corrected chi connectivity index (χ3v) is 6.19. The van der Waals surface area contributed by atoms with E-state index in [4.69, 9.17) is 0 Å². The van der Waals surface area contributed by atoms with Gasteiger partial charge in [0, 0.05) is 64.0 Å². The van der Waals surface area contributed by atoms with Crippen molar-refractivity contribution in [1.29, 1.82) is 0 Å². The smallest absolute Gasteiger partial charge is 0.320 e. The lowest BCUT2D eigenvalue weighted by Crippen LogP contribution is -2.41. The summed E-state index contributed by atoms with van der Waals surface area (Å²) in [5, 5.41) is 0. The highest BCUT2D eigenvalue weighted by molar-refractivity contribution is 5.75. The Morgan fingerprint density at radius 3 is 2.69 bits per heavy atom. The van der Waals surface area contributed by atoms with Crippen molar-refractivity contribution in [3.63, 3.8) is 0 Å². The minimum absolute atomic E-state index is 0.00386. The summed E-state index contributed by atoms with van der Waals surface area (Å²) in [7, 11) is 3.56. The number of hydrogen-bond acceptors (Lipinski definition) is 3. The third kappa shape index (κ3) is 4.13. The van der Waals surface area contributed by atoms with Crippen LogP contribution in [0.15, 0.2) is 42.5 Å². The molecule has 0 bridgehead atoms. The van der Waals surface area contributed by atoms with Crippen LogP contribution in [0.5, 0.6) is 0 Å². The predicted octanol–water partition coefficient (Wildman–Crippen LogP) is 3.36. The van der Waals surface area contributed by atoms with Gasteiger partial charge < -0.3 is 14.7 Å². The van der Waals surface area contributed by atoms with Crippen LogP contribution in [0.4, 0.5) is 9.18 Å². The van der Waals surface area contributed by atoms with Gasteiger partial charge in [-0.3, -0.25) is 4.98 Å². The summed E-state index contributed by atoms with van der Waals surface area (Å²) in [4.78, 5) is 23.4. The Hall–Kier alpha value is -2.47. The Kier molecular flexibility index (Phi) is 5.54. The van der Waals surface area contributed by atoms with Gasteiger partial charge in [-0.15, -0.1) is 0 Å². The molecule has 29 heavy (non-hydrogen) atoms. The first-order chi connectivity index (χ1) is 13.9. The van der Waals surface area contributed by atoms with Crippen LogP contribution in [0.25, 0.3) is 0 Å². The van der Waals surface area contributed by atoms with Crippen LogP contribution in [0.3, 0.4) is 0 Å². The van der Waals surface area contributed by atoms with Gasteiger partial charge in [0.25, 0.3) is 0 Å². The Bertz CT molecular complexity index is 887. The molecule has 2 aromatic rings. The van der Waals surface area contributed by atoms with E-state index in [0.29, 0.717) is 11.8 Å². The second-order valence-corrected chi connectivity index (χ2v) is 8.53. The molecule has 2 aliphatic rings. The van der Waals surface area contributed by atoms with Crippen molar-refractivity contribution in [2.75, 3.05) is 40.3 Å². The summed E-state index contributed by atoms with van der Waals surface area (Å²) in [6.45, 7) is 5.60. The quantitative estimate of drug-likeness (QED) is 0.796. The van der Waals surface area contributed by atoms with Crippen LogP contribution in [-0.2, 0) is 6.42 Å². The van der Waals surface area contributed by atoms with Crippen molar-refractivity contribution in [2.24, 2.45) is 11.8 Å². The number of carbonyl (C=O) groups excluding carboxylic acids is 1. The number of amides is 2. The number of nitrogens with zero attached hydrogens (tertiary/aromatic N) is 4. The molecule has 0 spiro atoms. The molecule has 2 aliphatic heterocycles. The molecule has 0 N–H and O–H groups in total. The first-order valence-electron chi connectivity index (χ1n) is 10.3. The molecular weight excluding hydrogens is 367 g/mol. The summed E-state index contributed by atoms with van der Waals surface area (Å²) in [5.41, 5.74) is 3.06. The van der Waals surface area contributed by atoms with E-state index in [1.807, 2.05) is 24.0 Å². The molecule has 2 saturated heterocycles. The lowest BCUT2D eigenvalue weighted by atomic mass is 9.89. The van der Waals surface area contributed by atoms with E-state index in [9.17, 15) is 9.18 Å². The van der Waals surface area contributed by atoms with Crippen molar-refractivity contribution >= 4 is 6.03 Å². The molecule has 0 saturated carbocycles. The number of carbonyl (C=O) groups is 1. The molecule has 154 valence electrons. The van der Waals surface area contributed by atoms with E-state index < -0.39 is 0 Å². The zero-order valence-electron chi connectivity index (χ0n) is 17.4. The van der Waals surface area contributed by atoms with Gasteiger partial charge in [0.05, 0.1) is 6.04 Å². The molecule has 0 aliphatic carbocycles. The van der Waals surface area contributed by atoms with Crippen LogP contribution in [0.1, 0.15) is 23.0 Å². The number of pyridine rings is 1. The first kappa shape index (κ1) is 19.8. The largest absolute Gasteiger partial charge is 0.331 e. The zero-order chi connectivity index (χ0) is 20.5. The maximum absolute atomic E-state index is 13.9. The molecule has 1 aromatic heterocycles. The Morgan fingerprint density at radius 2 is 1.97 bits per heavy atom. The van der Waals surface area contributed by atoms with E-state index in [1.54, 1.807) is 31.1 Å². The van der Waals surface area contributed by atoms with Gasteiger partial charge in [0.15, 0.2) is 0 Å². The van der Waals surface area contributed by atoms with Crippen LogP contribution < -0.4 is 0 Å². The van der Waals surface area contributed by atoms with E-state index >= 15 is 0 Å². The Labute approximate surface area is 172 Å². The molecule has 0 unspecified atom stereocenters. The number of benzene rings is 1. The molecule has 2 fully saturated rings. The van der Waals surface area contributed by atoms with Crippen LogP contribution in [0, 0.1) is 24.6 Å². The number of fused-ring (bicyclic) bond motifs is 1. The van der Waals surface area contributed by atoms with E-state index in [2.05, 4.69) is 22.0 Å². The highest BCUT2D eigenvalue weighted by atomic mass is 19.1. The molecule has 4 rings (SSSR count). The summed E-state index contributed by atoms with van der Waals surface area (Å²) in [5.74, 6) is 0.493. The molecule has 3 atom stereocenters. The molecule has 2 amide bonds. The van der Waals surface area contributed by atoms with Gasteiger partial charge in [0.2, 0.25) is 0 Å². The fraction of sp³-hybridized carbons (Fsp3) is 0.478. The highest BCUT2D eigenvalue weighted by Crippen LogP contribution is 2.45. The van der Waals surface area contributed by atoms with Crippen molar-refractivity contribution in [3.05, 3.63) is 65.2 Å². The van der Waals surface area contributed by atoms with E-state index in [0.717, 1.165) is 49.6 Å². The summed E-state index contributed by atoms with van der Waals surface area (Å²) >= 11 is 0. The number of hydrogen-bond donors (Lipinski definition) is 0. The second-order valence-electron chi connectivity index (χ2n) is 8.53. The highest BCUT2D eigenvalue weighted by Gasteiger charge is 2.49. The SMILES string of the molecule is Cc1cccc(CCN2C[C@@H]3CN(C(=O)N(C)C)[C@@H](c4cccc(F)c4)[C@@H]3C2)n1. The first-order valence-corrected chi connectivity index (χ1v) is 10.3. The predicted molar refractivity (Wildman–Crippen MR) is 111 cm³/mol. The van der Waals surface area contributed by atoms with Crippen molar-refractivity contribution in [3.8, 4) is 0 Å². The third-order valence-electron chi connectivity index (χ3n) is 6.19. The van der Waals surface area contributed by atoms with Crippen molar-refractivity contribution in [2.45, 2.75) is 19.4 Å². The Morgan fingerprint density at radius 1 is 1.17 bits per heavy atom. The van der Waals surface area contributed by atoms with Crippen LogP contribution in [-0.4, -0.2) is 66.0 Å². The molecule has 6 heteroatoms. The second kappa shape index (κ2) is 8.11. The average Bonchev–Trinajstić information content (AvgIpc) is 3.23. The maximum atomic E-state index is 13.9. The zero-order valence-corrected chi connectivity index (χ0v) is 17.4. The standard InChI is InChI=1S/C23H29FN4O/c1-16-6-4-9-20(25-16)10-11-27-13-18-14-28(23(29)26(2)3)22(21(18)15-27)17-7-5-8-19(24)12-17/h4-9,12,18,21-22H,10-11,13-15H2,1-3H3/t18-,21-,22+/m1/s1. The minimum atomic E-state index is -0.247. The monoisotopic (exact) mass is 396 g/mol. The molecule has 0 radical (unpaired) electrons.